The monoisotopic (exact) mass is 232 g/mol. The first-order valence-electron chi connectivity index (χ1n) is 5.13. The van der Waals surface area contributed by atoms with Gasteiger partial charge in [-0.2, -0.15) is 0 Å². The number of nitrogens with one attached hydrogen (secondary N) is 2. The van der Waals surface area contributed by atoms with Crippen molar-refractivity contribution in [1.29, 1.82) is 0 Å². The largest absolute Gasteiger partial charge is 0.466 e. The highest BCUT2D eigenvalue weighted by molar-refractivity contribution is 6.00. The molecule has 2 rings (SSSR count). The van der Waals surface area contributed by atoms with Crippen molar-refractivity contribution in [3.63, 3.8) is 0 Å². The number of ether oxygens (including phenoxy) is 1. The average Bonchev–Trinajstić information content (AvgIpc) is 2.49. The number of carbonyl (C=O) groups is 2. The molecule has 0 unspecified atom stereocenters. The Morgan fingerprint density at radius 3 is 2.94 bits per heavy atom. The van der Waals surface area contributed by atoms with Crippen LogP contribution in [-0.2, 0) is 9.53 Å². The Morgan fingerprint density at radius 2 is 2.18 bits per heavy atom. The molecule has 17 heavy (non-hydrogen) atoms. The Kier molecular flexibility index (Phi) is 3.09. The summed E-state index contributed by atoms with van der Waals surface area (Å²) in [6.45, 7) is 0.290. The lowest BCUT2D eigenvalue weighted by atomic mass is 10.0. The summed E-state index contributed by atoms with van der Waals surface area (Å²) in [5, 5.41) is 5.35. The van der Waals surface area contributed by atoms with E-state index in [2.05, 4.69) is 15.4 Å². The maximum Gasteiger partial charge on any atom is 0.330 e. The summed E-state index contributed by atoms with van der Waals surface area (Å²) in [6, 6.07) is 7.01. The number of hydrogen-bond donors (Lipinski definition) is 2. The number of hydrogen-bond acceptors (Lipinski definition) is 3. The number of fused-ring (bicyclic) bond motifs is 1. The molecule has 5 heteroatoms. The molecule has 2 amide bonds. The minimum atomic E-state index is -0.439. The van der Waals surface area contributed by atoms with E-state index < -0.39 is 5.97 Å². The van der Waals surface area contributed by atoms with Crippen LogP contribution in [0.1, 0.15) is 5.56 Å². The number of carbonyl (C=O) groups excluding carboxylic acids is 2. The molecule has 1 heterocycles. The molecule has 0 saturated heterocycles. The standard InChI is InChI=1S/C12H12N2O3/c1-17-11(15)6-8-7-13-12(16)14-10-5-3-2-4-9(8)10/h2-6H,7H2,1H3,(H2,13,14,16)/b8-6-. The van der Waals surface area contributed by atoms with Gasteiger partial charge in [-0.25, -0.2) is 9.59 Å². The number of esters is 1. The summed E-state index contributed by atoms with van der Waals surface area (Å²) in [7, 11) is 1.32. The van der Waals surface area contributed by atoms with Crippen LogP contribution in [0.15, 0.2) is 30.3 Å². The SMILES string of the molecule is COC(=O)/C=C1/CNC(=O)Nc2ccccc21. The number of amides is 2. The molecular formula is C12H12N2O3. The highest BCUT2D eigenvalue weighted by atomic mass is 16.5. The summed E-state index contributed by atoms with van der Waals surface area (Å²) < 4.78 is 4.59. The van der Waals surface area contributed by atoms with E-state index in [-0.39, 0.29) is 12.6 Å². The molecule has 0 aliphatic carbocycles. The van der Waals surface area contributed by atoms with Crippen LogP contribution in [-0.4, -0.2) is 25.7 Å². The summed E-state index contributed by atoms with van der Waals surface area (Å²) in [5.41, 5.74) is 2.21. The molecule has 0 atom stereocenters. The van der Waals surface area contributed by atoms with Gasteiger partial charge >= 0.3 is 12.0 Å². The van der Waals surface area contributed by atoms with Crippen LogP contribution in [0.4, 0.5) is 10.5 Å². The van der Waals surface area contributed by atoms with Crippen LogP contribution in [0, 0.1) is 0 Å². The highest BCUT2D eigenvalue weighted by Crippen LogP contribution is 2.25. The van der Waals surface area contributed by atoms with Crippen LogP contribution < -0.4 is 10.6 Å². The van der Waals surface area contributed by atoms with Crippen molar-refractivity contribution in [3.05, 3.63) is 35.9 Å². The van der Waals surface area contributed by atoms with Gasteiger partial charge in [-0.05, 0) is 11.6 Å². The quantitative estimate of drug-likeness (QED) is 0.567. The molecule has 1 aliphatic heterocycles. The topological polar surface area (TPSA) is 67.4 Å². The Balaban J connectivity index is 2.45. The number of benzene rings is 1. The van der Waals surface area contributed by atoms with Crippen LogP contribution in [0.5, 0.6) is 0 Å². The third-order valence-electron chi connectivity index (χ3n) is 2.45. The van der Waals surface area contributed by atoms with Gasteiger partial charge in [0.2, 0.25) is 0 Å². The summed E-state index contributed by atoms with van der Waals surface area (Å²) in [4.78, 5) is 22.6. The van der Waals surface area contributed by atoms with Gasteiger partial charge in [-0.1, -0.05) is 18.2 Å². The number of methoxy groups -OCH3 is 1. The maximum absolute atomic E-state index is 11.4. The third kappa shape index (κ3) is 2.44. The van der Waals surface area contributed by atoms with Crippen molar-refractivity contribution >= 4 is 23.3 Å². The van der Waals surface area contributed by atoms with E-state index in [1.807, 2.05) is 18.2 Å². The van der Waals surface area contributed by atoms with E-state index in [4.69, 9.17) is 0 Å². The third-order valence-corrected chi connectivity index (χ3v) is 2.45. The van der Waals surface area contributed by atoms with Crippen LogP contribution in [0.25, 0.3) is 5.57 Å². The van der Waals surface area contributed by atoms with Gasteiger partial charge in [0.25, 0.3) is 0 Å². The molecule has 1 aromatic rings. The fraction of sp³-hybridized carbons (Fsp3) is 0.167. The fourth-order valence-electron chi connectivity index (χ4n) is 1.64. The first-order valence-corrected chi connectivity index (χ1v) is 5.13. The van der Waals surface area contributed by atoms with Crippen LogP contribution >= 0.6 is 0 Å². The second kappa shape index (κ2) is 4.69. The predicted molar refractivity (Wildman–Crippen MR) is 63.5 cm³/mol. The van der Waals surface area contributed by atoms with Gasteiger partial charge in [0.05, 0.1) is 7.11 Å². The Morgan fingerprint density at radius 1 is 1.41 bits per heavy atom. The second-order valence-corrected chi connectivity index (χ2v) is 3.55. The Hall–Kier alpha value is -2.30. The van der Waals surface area contributed by atoms with Crippen molar-refractivity contribution < 1.29 is 14.3 Å². The van der Waals surface area contributed by atoms with Crippen molar-refractivity contribution in [3.8, 4) is 0 Å². The van der Waals surface area contributed by atoms with E-state index in [0.29, 0.717) is 11.3 Å². The zero-order chi connectivity index (χ0) is 12.3. The van der Waals surface area contributed by atoms with Crippen molar-refractivity contribution in [1.82, 2.24) is 5.32 Å². The van der Waals surface area contributed by atoms with E-state index in [1.54, 1.807) is 6.07 Å². The Bertz CT molecular complexity index is 494. The normalized spacial score (nSPS) is 16.5. The molecular weight excluding hydrogens is 220 g/mol. The lowest BCUT2D eigenvalue weighted by Crippen LogP contribution is -2.27. The van der Waals surface area contributed by atoms with Gasteiger partial charge in [0, 0.05) is 23.9 Å². The highest BCUT2D eigenvalue weighted by Gasteiger charge is 2.16. The zero-order valence-electron chi connectivity index (χ0n) is 9.32. The molecule has 2 N–H and O–H groups in total. The second-order valence-electron chi connectivity index (χ2n) is 3.55. The molecule has 0 aromatic heterocycles. The molecule has 88 valence electrons. The van der Waals surface area contributed by atoms with Gasteiger partial charge in [-0.3, -0.25) is 0 Å². The van der Waals surface area contributed by atoms with E-state index >= 15 is 0 Å². The summed E-state index contributed by atoms with van der Waals surface area (Å²) in [6.07, 6.45) is 1.38. The number of urea groups is 1. The van der Waals surface area contributed by atoms with Crippen molar-refractivity contribution in [2.24, 2.45) is 0 Å². The van der Waals surface area contributed by atoms with E-state index in [9.17, 15) is 9.59 Å². The molecule has 0 fully saturated rings. The van der Waals surface area contributed by atoms with E-state index in [1.165, 1.54) is 13.2 Å². The number of rotatable bonds is 1. The average molecular weight is 232 g/mol. The molecule has 0 bridgehead atoms. The maximum atomic E-state index is 11.4. The molecule has 0 saturated carbocycles. The van der Waals surface area contributed by atoms with Crippen molar-refractivity contribution in [2.75, 3.05) is 19.0 Å². The molecule has 1 aliphatic rings. The Labute approximate surface area is 98.5 Å². The molecule has 1 aromatic carbocycles. The molecule has 0 spiro atoms. The molecule has 5 nitrogen and oxygen atoms in total. The van der Waals surface area contributed by atoms with Crippen molar-refractivity contribution in [2.45, 2.75) is 0 Å². The summed E-state index contributed by atoms with van der Waals surface area (Å²) in [5.74, 6) is -0.439. The zero-order valence-corrected chi connectivity index (χ0v) is 9.32. The van der Waals surface area contributed by atoms with Crippen LogP contribution in [0.3, 0.4) is 0 Å². The van der Waals surface area contributed by atoms with Gasteiger partial charge in [0.15, 0.2) is 0 Å². The fourth-order valence-corrected chi connectivity index (χ4v) is 1.64. The number of para-hydroxylation sites is 1. The van der Waals surface area contributed by atoms with E-state index in [0.717, 1.165) is 5.56 Å². The minimum absolute atomic E-state index is 0.286. The lowest BCUT2D eigenvalue weighted by molar-refractivity contribution is -0.134. The number of anilines is 1. The smallest absolute Gasteiger partial charge is 0.330 e. The first-order chi connectivity index (χ1) is 8.20. The summed E-state index contributed by atoms with van der Waals surface area (Å²) >= 11 is 0. The minimum Gasteiger partial charge on any atom is -0.466 e. The first kappa shape index (κ1) is 11.2. The van der Waals surface area contributed by atoms with Gasteiger partial charge < -0.3 is 15.4 Å². The lowest BCUT2D eigenvalue weighted by Gasteiger charge is -2.06. The van der Waals surface area contributed by atoms with Crippen LogP contribution in [0.2, 0.25) is 0 Å². The molecule has 0 radical (unpaired) electrons. The van der Waals surface area contributed by atoms with Gasteiger partial charge in [-0.15, -0.1) is 0 Å². The van der Waals surface area contributed by atoms with Gasteiger partial charge in [0.1, 0.15) is 0 Å². The predicted octanol–water partition coefficient (Wildman–Crippen LogP) is 1.38.